The minimum atomic E-state index is -4.18. The molecule has 1 aromatic rings. The van der Waals surface area contributed by atoms with Gasteiger partial charge in [-0.05, 0) is 0 Å². The summed E-state index contributed by atoms with van der Waals surface area (Å²) in [6, 6.07) is 0. The van der Waals surface area contributed by atoms with Crippen LogP contribution in [-0.4, -0.2) is 34.8 Å². The summed E-state index contributed by atoms with van der Waals surface area (Å²) in [4.78, 5) is 8.99. The van der Waals surface area contributed by atoms with Crippen molar-refractivity contribution in [3.63, 3.8) is 0 Å². The van der Waals surface area contributed by atoms with E-state index < -0.39 is 12.6 Å². The Bertz CT molecular complexity index is 326. The van der Waals surface area contributed by atoms with Crippen LogP contribution in [0, 0.1) is 0 Å². The van der Waals surface area contributed by atoms with Gasteiger partial charge in [0, 0.05) is 31.5 Å². The maximum absolute atomic E-state index is 11.9. The van der Waals surface area contributed by atoms with Crippen molar-refractivity contribution >= 4 is 5.95 Å². The van der Waals surface area contributed by atoms with E-state index in [1.54, 1.807) is 0 Å². The summed E-state index contributed by atoms with van der Waals surface area (Å²) in [7, 11) is 1.49. The first-order valence-corrected chi connectivity index (χ1v) is 4.62. The van der Waals surface area contributed by atoms with E-state index >= 15 is 0 Å². The van der Waals surface area contributed by atoms with Gasteiger partial charge in [-0.15, -0.1) is 0 Å². The summed E-state index contributed by atoms with van der Waals surface area (Å²) in [5.74, 6) is 0.210. The Kier molecular flexibility index (Phi) is 4.05. The molecule has 0 aliphatic carbocycles. The SMILES string of the molecule is CN(CCC(F)(F)F)c1ncc(CO)cn1. The molecule has 0 aliphatic rings. The molecule has 0 saturated carbocycles. The Morgan fingerprint density at radius 1 is 1.31 bits per heavy atom. The fourth-order valence-electron chi connectivity index (χ4n) is 1.02. The van der Waals surface area contributed by atoms with E-state index in [9.17, 15) is 13.2 Å². The molecule has 0 saturated heterocycles. The number of nitrogens with zero attached hydrogens (tertiary/aromatic N) is 3. The second-order valence-electron chi connectivity index (χ2n) is 3.34. The smallest absolute Gasteiger partial charge is 0.390 e. The third-order valence-electron chi connectivity index (χ3n) is 1.95. The van der Waals surface area contributed by atoms with Crippen molar-refractivity contribution in [2.45, 2.75) is 19.2 Å². The van der Waals surface area contributed by atoms with Crippen molar-refractivity contribution in [3.05, 3.63) is 18.0 Å². The minimum Gasteiger partial charge on any atom is -0.392 e. The molecular formula is C9H12F3N3O. The molecule has 0 spiro atoms. The number of aliphatic hydroxyl groups excluding tert-OH is 1. The van der Waals surface area contributed by atoms with Crippen LogP contribution in [0.25, 0.3) is 0 Å². The van der Waals surface area contributed by atoms with Gasteiger partial charge in [-0.25, -0.2) is 9.97 Å². The number of aromatic nitrogens is 2. The van der Waals surface area contributed by atoms with E-state index in [4.69, 9.17) is 5.11 Å². The van der Waals surface area contributed by atoms with Gasteiger partial charge in [0.25, 0.3) is 0 Å². The predicted molar refractivity (Wildman–Crippen MR) is 51.9 cm³/mol. The lowest BCUT2D eigenvalue weighted by molar-refractivity contribution is -0.132. The third-order valence-corrected chi connectivity index (χ3v) is 1.95. The zero-order valence-corrected chi connectivity index (χ0v) is 8.70. The summed E-state index contributed by atoms with van der Waals surface area (Å²) in [6.07, 6.45) is -2.33. The first kappa shape index (κ1) is 12.7. The van der Waals surface area contributed by atoms with Crippen LogP contribution in [0.4, 0.5) is 19.1 Å². The summed E-state index contributed by atoms with van der Waals surface area (Å²) in [5, 5.41) is 8.73. The van der Waals surface area contributed by atoms with E-state index in [-0.39, 0.29) is 19.1 Å². The molecule has 1 heterocycles. The summed E-state index contributed by atoms with van der Waals surface area (Å²) in [6.45, 7) is -0.380. The van der Waals surface area contributed by atoms with E-state index in [2.05, 4.69) is 9.97 Å². The van der Waals surface area contributed by atoms with E-state index in [0.717, 1.165) is 0 Å². The van der Waals surface area contributed by atoms with Crippen LogP contribution in [0.3, 0.4) is 0 Å². The first-order chi connectivity index (χ1) is 7.42. The lowest BCUT2D eigenvalue weighted by Crippen LogP contribution is -2.25. The zero-order valence-electron chi connectivity index (χ0n) is 8.70. The third kappa shape index (κ3) is 4.01. The second kappa shape index (κ2) is 5.11. The highest BCUT2D eigenvalue weighted by Gasteiger charge is 2.27. The average molecular weight is 235 g/mol. The highest BCUT2D eigenvalue weighted by atomic mass is 19.4. The average Bonchev–Trinajstić information content (AvgIpc) is 2.25. The van der Waals surface area contributed by atoms with Crippen LogP contribution in [0.2, 0.25) is 0 Å². The van der Waals surface area contributed by atoms with Crippen LogP contribution in [0.1, 0.15) is 12.0 Å². The summed E-state index contributed by atoms with van der Waals surface area (Å²) in [5.41, 5.74) is 0.521. The summed E-state index contributed by atoms with van der Waals surface area (Å²) >= 11 is 0. The Hall–Kier alpha value is -1.37. The highest BCUT2D eigenvalue weighted by Crippen LogP contribution is 2.20. The van der Waals surface area contributed by atoms with Gasteiger partial charge < -0.3 is 10.0 Å². The lowest BCUT2D eigenvalue weighted by atomic mass is 10.3. The molecule has 0 amide bonds. The van der Waals surface area contributed by atoms with Crippen molar-refractivity contribution in [1.29, 1.82) is 0 Å². The van der Waals surface area contributed by atoms with Crippen LogP contribution in [-0.2, 0) is 6.61 Å². The van der Waals surface area contributed by atoms with Crippen molar-refractivity contribution < 1.29 is 18.3 Å². The molecule has 0 radical (unpaired) electrons. The quantitative estimate of drug-likeness (QED) is 0.856. The zero-order chi connectivity index (χ0) is 12.2. The van der Waals surface area contributed by atoms with Crippen molar-refractivity contribution in [2.75, 3.05) is 18.5 Å². The van der Waals surface area contributed by atoms with Crippen molar-refractivity contribution in [3.8, 4) is 0 Å². The predicted octanol–water partition coefficient (Wildman–Crippen LogP) is 1.36. The standard InChI is InChI=1S/C9H12F3N3O/c1-15(3-2-9(10,11)12)8-13-4-7(6-16)5-14-8/h4-5,16H,2-3,6H2,1H3. The number of aliphatic hydroxyl groups is 1. The largest absolute Gasteiger partial charge is 0.392 e. The van der Waals surface area contributed by atoms with Gasteiger partial charge in [0.05, 0.1) is 13.0 Å². The maximum atomic E-state index is 11.9. The van der Waals surface area contributed by atoms with Crippen molar-refractivity contribution in [2.24, 2.45) is 0 Å². The van der Waals surface area contributed by atoms with Crippen LogP contribution in [0.5, 0.6) is 0 Å². The van der Waals surface area contributed by atoms with Crippen LogP contribution < -0.4 is 4.90 Å². The molecule has 4 nitrogen and oxygen atoms in total. The van der Waals surface area contributed by atoms with E-state index in [0.29, 0.717) is 5.56 Å². The highest BCUT2D eigenvalue weighted by molar-refractivity contribution is 5.27. The van der Waals surface area contributed by atoms with Gasteiger partial charge >= 0.3 is 6.18 Å². The molecule has 0 aliphatic heterocycles. The first-order valence-electron chi connectivity index (χ1n) is 4.62. The Morgan fingerprint density at radius 2 is 1.88 bits per heavy atom. The van der Waals surface area contributed by atoms with Gasteiger partial charge in [-0.3, -0.25) is 0 Å². The Morgan fingerprint density at radius 3 is 2.31 bits per heavy atom. The topological polar surface area (TPSA) is 49.2 Å². The van der Waals surface area contributed by atoms with E-state index in [1.165, 1.54) is 24.3 Å². The molecule has 7 heteroatoms. The molecule has 0 atom stereocenters. The molecule has 0 unspecified atom stereocenters. The molecule has 0 bridgehead atoms. The second-order valence-corrected chi connectivity index (χ2v) is 3.34. The van der Waals surface area contributed by atoms with Crippen LogP contribution >= 0.6 is 0 Å². The van der Waals surface area contributed by atoms with Crippen molar-refractivity contribution in [1.82, 2.24) is 9.97 Å². The molecule has 90 valence electrons. The molecule has 1 rings (SSSR count). The number of anilines is 1. The number of rotatable bonds is 4. The fourth-order valence-corrected chi connectivity index (χ4v) is 1.02. The maximum Gasteiger partial charge on any atom is 0.390 e. The van der Waals surface area contributed by atoms with Gasteiger partial charge in [0.1, 0.15) is 0 Å². The molecule has 1 aromatic heterocycles. The number of hydrogen-bond acceptors (Lipinski definition) is 4. The molecule has 0 aromatic carbocycles. The molecular weight excluding hydrogens is 223 g/mol. The Balaban J connectivity index is 2.56. The normalized spacial score (nSPS) is 11.6. The minimum absolute atomic E-state index is 0.188. The van der Waals surface area contributed by atoms with Gasteiger partial charge in [-0.1, -0.05) is 0 Å². The number of hydrogen-bond donors (Lipinski definition) is 1. The number of halogens is 3. The molecule has 16 heavy (non-hydrogen) atoms. The lowest BCUT2D eigenvalue weighted by Gasteiger charge is -2.17. The van der Waals surface area contributed by atoms with Gasteiger partial charge in [0.2, 0.25) is 5.95 Å². The monoisotopic (exact) mass is 235 g/mol. The molecule has 0 fully saturated rings. The number of alkyl halides is 3. The Labute approximate surface area is 90.7 Å². The van der Waals surface area contributed by atoms with Crippen LogP contribution in [0.15, 0.2) is 12.4 Å². The fraction of sp³-hybridized carbons (Fsp3) is 0.556. The van der Waals surface area contributed by atoms with Gasteiger partial charge in [-0.2, -0.15) is 13.2 Å². The molecule has 1 N–H and O–H groups in total. The van der Waals surface area contributed by atoms with Gasteiger partial charge in [0.15, 0.2) is 0 Å². The summed E-state index contributed by atoms with van der Waals surface area (Å²) < 4.78 is 35.8. The van der Waals surface area contributed by atoms with E-state index in [1.807, 2.05) is 0 Å².